The van der Waals surface area contributed by atoms with Crippen molar-refractivity contribution in [3.63, 3.8) is 0 Å². The van der Waals surface area contributed by atoms with Gasteiger partial charge in [0.2, 0.25) is 15.9 Å². The quantitative estimate of drug-likeness (QED) is 0.680. The van der Waals surface area contributed by atoms with Gasteiger partial charge >= 0.3 is 0 Å². The first kappa shape index (κ1) is 17.7. The Hall–Kier alpha value is -1.64. The summed E-state index contributed by atoms with van der Waals surface area (Å²) >= 11 is 0. The van der Waals surface area contributed by atoms with Crippen molar-refractivity contribution in [3.8, 4) is 0 Å². The first-order chi connectivity index (χ1) is 10.7. The van der Waals surface area contributed by atoms with Crippen LogP contribution in [0.2, 0.25) is 0 Å². The summed E-state index contributed by atoms with van der Waals surface area (Å²) < 4.78 is 32.2. The summed E-state index contributed by atoms with van der Waals surface area (Å²) in [5.74, 6) is -0.370. The van der Waals surface area contributed by atoms with Crippen LogP contribution in [-0.4, -0.2) is 39.1 Å². The molecule has 0 aliphatic carbocycles. The molecule has 1 aliphatic heterocycles. The smallest absolute Gasteiger partial charge is 0.243 e. The van der Waals surface area contributed by atoms with Crippen LogP contribution in [0.1, 0.15) is 26.7 Å². The number of nitrogens with one attached hydrogen (secondary N) is 2. The van der Waals surface area contributed by atoms with Gasteiger partial charge in [-0.2, -0.15) is 0 Å². The van der Waals surface area contributed by atoms with Gasteiger partial charge in [0, 0.05) is 12.6 Å². The van der Waals surface area contributed by atoms with E-state index >= 15 is 0 Å². The number of sulfonamides is 1. The molecule has 8 heteroatoms. The van der Waals surface area contributed by atoms with Gasteiger partial charge in [0.05, 0.1) is 17.8 Å². The first-order valence-electron chi connectivity index (χ1n) is 7.47. The molecule has 0 spiro atoms. The number of hydrogen-bond donors (Lipinski definition) is 3. The van der Waals surface area contributed by atoms with Gasteiger partial charge in [-0.25, -0.2) is 13.1 Å². The van der Waals surface area contributed by atoms with Crippen LogP contribution in [0.15, 0.2) is 29.2 Å². The van der Waals surface area contributed by atoms with Crippen LogP contribution < -0.4 is 15.8 Å². The lowest BCUT2D eigenvalue weighted by Crippen LogP contribution is -2.48. The largest absolute Gasteiger partial charge is 0.398 e. The van der Waals surface area contributed by atoms with Crippen molar-refractivity contribution in [1.29, 1.82) is 0 Å². The molecule has 1 aromatic carbocycles. The van der Waals surface area contributed by atoms with Crippen molar-refractivity contribution < 1.29 is 17.9 Å². The summed E-state index contributed by atoms with van der Waals surface area (Å²) in [7, 11) is -3.81. The van der Waals surface area contributed by atoms with E-state index in [-0.39, 0.29) is 34.7 Å². The maximum Gasteiger partial charge on any atom is 0.243 e. The van der Waals surface area contributed by atoms with Crippen molar-refractivity contribution in [1.82, 2.24) is 10.0 Å². The SMILES string of the molecule is CC1(C)C[C@@H](NC(=O)CNS(=O)(=O)c2ccccc2N)CCO1. The molecule has 1 aromatic rings. The average Bonchev–Trinajstić information content (AvgIpc) is 2.44. The van der Waals surface area contributed by atoms with E-state index in [4.69, 9.17) is 10.5 Å². The van der Waals surface area contributed by atoms with Crippen LogP contribution in [0.4, 0.5) is 5.69 Å². The number of para-hydroxylation sites is 1. The monoisotopic (exact) mass is 341 g/mol. The van der Waals surface area contributed by atoms with Crippen LogP contribution in [-0.2, 0) is 19.6 Å². The summed E-state index contributed by atoms with van der Waals surface area (Å²) in [6, 6.07) is 6.11. The molecule has 1 heterocycles. The van der Waals surface area contributed by atoms with Gasteiger partial charge < -0.3 is 15.8 Å². The second kappa shape index (κ2) is 6.86. The van der Waals surface area contributed by atoms with Crippen molar-refractivity contribution in [2.75, 3.05) is 18.9 Å². The maximum absolute atomic E-state index is 12.2. The molecule has 1 fully saturated rings. The number of rotatable bonds is 5. The number of benzene rings is 1. The number of anilines is 1. The van der Waals surface area contributed by atoms with Gasteiger partial charge in [0.15, 0.2) is 0 Å². The van der Waals surface area contributed by atoms with Crippen LogP contribution in [0.3, 0.4) is 0 Å². The number of nitrogens with two attached hydrogens (primary N) is 1. The number of hydrogen-bond acceptors (Lipinski definition) is 5. The van der Waals surface area contributed by atoms with E-state index in [1.165, 1.54) is 12.1 Å². The molecule has 0 radical (unpaired) electrons. The fraction of sp³-hybridized carbons (Fsp3) is 0.533. The highest BCUT2D eigenvalue weighted by Crippen LogP contribution is 2.23. The van der Waals surface area contributed by atoms with Crippen LogP contribution in [0.5, 0.6) is 0 Å². The third-order valence-electron chi connectivity index (χ3n) is 3.69. The maximum atomic E-state index is 12.2. The van der Waals surface area contributed by atoms with E-state index in [1.54, 1.807) is 12.1 Å². The minimum absolute atomic E-state index is 0.0162. The molecule has 0 bridgehead atoms. The Morgan fingerprint density at radius 1 is 1.39 bits per heavy atom. The molecule has 0 saturated carbocycles. The number of carbonyl (C=O) groups excluding carboxylic acids is 1. The predicted octanol–water partition coefficient (Wildman–Crippen LogP) is 0.621. The van der Waals surface area contributed by atoms with Crippen LogP contribution in [0, 0.1) is 0 Å². The van der Waals surface area contributed by atoms with Gasteiger partial charge in [-0.15, -0.1) is 0 Å². The highest BCUT2D eigenvalue weighted by atomic mass is 32.2. The standard InChI is InChI=1S/C15H23N3O4S/c1-15(2)9-11(7-8-22-15)18-14(19)10-17-23(20,21)13-6-4-3-5-12(13)16/h3-6,11,17H,7-10,16H2,1-2H3,(H,18,19)/t11-/m0/s1. The average molecular weight is 341 g/mol. The lowest BCUT2D eigenvalue weighted by molar-refractivity contribution is -0.123. The normalized spacial score (nSPS) is 20.9. The lowest BCUT2D eigenvalue weighted by atomic mass is 9.94. The van der Waals surface area contributed by atoms with E-state index < -0.39 is 10.0 Å². The molecular weight excluding hydrogens is 318 g/mol. The van der Waals surface area contributed by atoms with E-state index in [2.05, 4.69) is 10.0 Å². The second-order valence-electron chi connectivity index (χ2n) is 6.23. The third-order valence-corrected chi connectivity index (χ3v) is 5.17. The summed E-state index contributed by atoms with van der Waals surface area (Å²) in [6.45, 7) is 4.18. The molecule has 2 rings (SSSR count). The molecule has 1 saturated heterocycles. The Kier molecular flexibility index (Phi) is 5.28. The topological polar surface area (TPSA) is 111 Å². The number of nitrogen functional groups attached to an aromatic ring is 1. The van der Waals surface area contributed by atoms with Gasteiger partial charge in [-0.1, -0.05) is 12.1 Å². The molecule has 0 unspecified atom stereocenters. The molecule has 23 heavy (non-hydrogen) atoms. The molecule has 7 nitrogen and oxygen atoms in total. The summed E-state index contributed by atoms with van der Waals surface area (Å²) in [6.07, 6.45) is 1.41. The highest BCUT2D eigenvalue weighted by Gasteiger charge is 2.29. The summed E-state index contributed by atoms with van der Waals surface area (Å²) in [5.41, 5.74) is 5.52. The molecule has 1 atom stereocenters. The van der Waals surface area contributed by atoms with Crippen molar-refractivity contribution >= 4 is 21.6 Å². The highest BCUT2D eigenvalue weighted by molar-refractivity contribution is 7.89. The molecule has 128 valence electrons. The van der Waals surface area contributed by atoms with Gasteiger partial charge in [-0.05, 0) is 38.8 Å². The Balaban J connectivity index is 1.90. The van der Waals surface area contributed by atoms with Crippen LogP contribution >= 0.6 is 0 Å². The van der Waals surface area contributed by atoms with Gasteiger partial charge in [0.25, 0.3) is 0 Å². The molecule has 1 aliphatic rings. The van der Waals surface area contributed by atoms with Crippen molar-refractivity contribution in [2.24, 2.45) is 0 Å². The number of amides is 1. The van der Waals surface area contributed by atoms with E-state index in [0.29, 0.717) is 19.4 Å². The molecule has 4 N–H and O–H groups in total. The zero-order chi connectivity index (χ0) is 17.1. The minimum Gasteiger partial charge on any atom is -0.398 e. The lowest BCUT2D eigenvalue weighted by Gasteiger charge is -2.35. The van der Waals surface area contributed by atoms with E-state index in [9.17, 15) is 13.2 Å². The molecule has 0 aromatic heterocycles. The van der Waals surface area contributed by atoms with Crippen molar-refractivity contribution in [3.05, 3.63) is 24.3 Å². The Bertz CT molecular complexity index is 673. The van der Waals surface area contributed by atoms with Crippen molar-refractivity contribution in [2.45, 2.75) is 43.2 Å². The fourth-order valence-electron chi connectivity index (χ4n) is 2.60. The van der Waals surface area contributed by atoms with E-state index in [0.717, 1.165) is 0 Å². The Morgan fingerprint density at radius 2 is 2.09 bits per heavy atom. The number of ether oxygens (including phenoxy) is 1. The van der Waals surface area contributed by atoms with Crippen LogP contribution in [0.25, 0.3) is 0 Å². The summed E-state index contributed by atoms with van der Waals surface area (Å²) in [5, 5.41) is 2.84. The molecular formula is C15H23N3O4S. The summed E-state index contributed by atoms with van der Waals surface area (Å²) in [4.78, 5) is 11.9. The second-order valence-corrected chi connectivity index (χ2v) is 7.96. The first-order valence-corrected chi connectivity index (χ1v) is 8.95. The van der Waals surface area contributed by atoms with Gasteiger partial charge in [0.1, 0.15) is 4.90 Å². The Morgan fingerprint density at radius 3 is 2.74 bits per heavy atom. The van der Waals surface area contributed by atoms with Gasteiger partial charge in [-0.3, -0.25) is 4.79 Å². The fourth-order valence-corrected chi connectivity index (χ4v) is 3.71. The third kappa shape index (κ3) is 4.92. The minimum atomic E-state index is -3.81. The zero-order valence-corrected chi connectivity index (χ0v) is 14.2. The Labute approximate surface area is 136 Å². The predicted molar refractivity (Wildman–Crippen MR) is 87.2 cm³/mol. The zero-order valence-electron chi connectivity index (χ0n) is 13.3. The van der Waals surface area contributed by atoms with E-state index in [1.807, 2.05) is 13.8 Å². The molecule has 1 amide bonds. The number of carbonyl (C=O) groups is 1.